The van der Waals surface area contributed by atoms with E-state index < -0.39 is 0 Å². The van der Waals surface area contributed by atoms with Crippen LogP contribution in [-0.4, -0.2) is 153 Å². The van der Waals surface area contributed by atoms with Gasteiger partial charge in [-0.15, -0.1) is 5.10 Å². The van der Waals surface area contributed by atoms with Gasteiger partial charge in [0, 0.05) is 125 Å². The zero-order chi connectivity index (χ0) is 104. The van der Waals surface area contributed by atoms with Crippen molar-refractivity contribution in [3.8, 4) is 0 Å². The fourth-order valence-corrected chi connectivity index (χ4v) is 16.8. The van der Waals surface area contributed by atoms with E-state index in [1.807, 2.05) is 167 Å². The Bertz CT molecular complexity index is 6730. The summed E-state index contributed by atoms with van der Waals surface area (Å²) in [5.74, 6) is 7.07. The number of hydrogen-bond donors (Lipinski definition) is 6. The third-order valence-electron chi connectivity index (χ3n) is 24.2. The molecule has 0 fully saturated rings. The third-order valence-corrected chi connectivity index (χ3v) is 24.2. The monoisotopic (exact) mass is 1950 g/mol. The minimum Gasteiger partial charge on any atom is -0.346 e. The second-order valence-corrected chi connectivity index (χ2v) is 38.8. The zero-order valence-corrected chi connectivity index (χ0v) is 88.2. The van der Waals surface area contributed by atoms with E-state index in [0.717, 1.165) is 106 Å². The van der Waals surface area contributed by atoms with Crippen LogP contribution in [0.15, 0.2) is 289 Å². The van der Waals surface area contributed by atoms with Crippen molar-refractivity contribution < 1.29 is 0 Å². The van der Waals surface area contributed by atoms with Crippen molar-refractivity contribution in [2.24, 2.45) is 0 Å². The minimum absolute atomic E-state index is 0.399. The van der Waals surface area contributed by atoms with Crippen molar-refractivity contribution in [3.63, 3.8) is 0 Å². The van der Waals surface area contributed by atoms with Crippen LogP contribution in [0.3, 0.4) is 0 Å². The Labute approximate surface area is 852 Å². The molecule has 146 heavy (non-hydrogen) atoms. The molecule has 0 bridgehead atoms. The van der Waals surface area contributed by atoms with Crippen LogP contribution >= 0.6 is 0 Å². The van der Waals surface area contributed by atoms with Gasteiger partial charge in [-0.3, -0.25) is 19.5 Å². The summed E-state index contributed by atoms with van der Waals surface area (Å²) in [6.07, 6.45) is 38.0. The van der Waals surface area contributed by atoms with Gasteiger partial charge in [-0.1, -0.05) is 203 Å². The SMILES string of the molecule is CC(C)c1ccnc2[nH]ccc12.CC(C)c1ccnc2[nH]ncc12.CC(C)c1ccnc2ccccc12.CC(C)c1ccnc2ccccc12.CC(C)c1ccnc2cccn12.CC(C)c1ccnc2n[nH]nc12.CC(C)c1ccnc2nc[nH]c12.CC(C)c1ccnn2cccc12.CC(C)c1ncnc2[nH]ccc12.CC(C)c1ncnc2cccn12.CC(C)c1ncnc2nc[nH]c12.CC(C)c1ncnn2cccc12. The number of rotatable bonds is 12. The molecule has 24 rings (SSSR count). The lowest BCUT2D eigenvalue weighted by Gasteiger charge is -2.08. The van der Waals surface area contributed by atoms with Crippen LogP contribution in [0.1, 0.15) is 305 Å². The standard InChI is InChI=1S/2C12H13N.3C10H12N2.5C9H11N3.2C8H10N4/c2*1-9(2)10-7-8-13-12-6-4-3-5-11(10)12;1-7(2)8-3-5-11-10-9(8)4-6-12-10;1-8(2)9-5-6-11-10-4-3-7-12(9)10;1-8(2)9-5-6-11-12-7-3-4-10(9)12;1-6(2)8-7-3-4-10-9(7)12-5-11-8;1-6(2)7-3-4-10-9-8(7)11-5-12-9;1-6(2)7-3-4-10-9-8(7)5-11-12-9;1-7(2)9-11-6-10-8-4-3-5-12(8)9;1-7(2)9-8-4-3-5-12(8)11-6-10-9;1-5(2)6-7-8(11-3-9-6)12-4-10-7;1-5(2)6-3-4-9-8-7(6)10-12-11-8/h2*3-9H,1-2H3;3-7H,1-2H3,(H,11,12);2*3-8H,1-2H3;3*3-6H,1-2H3,(H,10,11,12);2*3-7H,1-2H3;2*3-5H,1-2H3,(H,9,10,11,12). The third kappa shape index (κ3) is 27.3. The molecule has 2 aromatic carbocycles. The fraction of sp³-hybridized carbons (Fsp3) is 0.313. The van der Waals surface area contributed by atoms with Crippen LogP contribution in [0.5, 0.6) is 0 Å². The van der Waals surface area contributed by atoms with E-state index in [9.17, 15) is 0 Å². The zero-order valence-electron chi connectivity index (χ0n) is 88.2. The molecule has 752 valence electrons. The van der Waals surface area contributed by atoms with Gasteiger partial charge in [0.05, 0.1) is 63.5 Å². The maximum absolute atomic E-state index is 4.32. The smallest absolute Gasteiger partial charge is 0.201 e. The van der Waals surface area contributed by atoms with Gasteiger partial charge in [0.25, 0.3) is 0 Å². The van der Waals surface area contributed by atoms with Gasteiger partial charge < -0.3 is 24.3 Å². The lowest BCUT2D eigenvalue weighted by Crippen LogP contribution is -2.02. The fourth-order valence-electron chi connectivity index (χ4n) is 16.8. The lowest BCUT2D eigenvalue weighted by molar-refractivity contribution is 0.743. The van der Waals surface area contributed by atoms with E-state index >= 15 is 0 Å². The summed E-state index contributed by atoms with van der Waals surface area (Å²) in [5.41, 5.74) is 28.2. The molecule has 22 aromatic heterocycles. The predicted octanol–water partition coefficient (Wildman–Crippen LogP) is 27.2. The highest BCUT2D eigenvalue weighted by atomic mass is 15.3. The van der Waals surface area contributed by atoms with E-state index in [4.69, 9.17) is 0 Å². The molecule has 0 aliphatic rings. The second kappa shape index (κ2) is 51.5. The minimum atomic E-state index is 0.399. The number of benzene rings is 2. The van der Waals surface area contributed by atoms with E-state index in [-0.39, 0.29) is 0 Å². The summed E-state index contributed by atoms with van der Waals surface area (Å²) < 4.78 is 7.91. The highest BCUT2D eigenvalue weighted by Crippen LogP contribution is 2.31. The van der Waals surface area contributed by atoms with Gasteiger partial charge in [-0.05, 0) is 225 Å². The number of hydrogen-bond acceptors (Lipinski definition) is 21. The lowest BCUT2D eigenvalue weighted by atomic mass is 9.99. The van der Waals surface area contributed by atoms with E-state index in [1.165, 1.54) is 66.3 Å². The number of para-hydroxylation sites is 2. The number of nitrogens with zero attached hydrogens (tertiary/aromatic N) is 25. The number of pyridine rings is 6. The van der Waals surface area contributed by atoms with E-state index in [0.29, 0.717) is 76.7 Å². The quantitative estimate of drug-likeness (QED) is 0.0661. The molecule has 24 aromatic rings. The van der Waals surface area contributed by atoms with Crippen LogP contribution < -0.4 is 0 Å². The Morgan fingerprint density at radius 3 is 1.33 bits per heavy atom. The van der Waals surface area contributed by atoms with Crippen LogP contribution in [-0.2, 0) is 0 Å². The second-order valence-electron chi connectivity index (χ2n) is 38.8. The number of aromatic nitrogens is 31. The molecule has 0 unspecified atom stereocenters. The molecule has 0 saturated carbocycles. The van der Waals surface area contributed by atoms with E-state index in [1.54, 1.807) is 50.4 Å². The van der Waals surface area contributed by atoms with Gasteiger partial charge >= 0.3 is 0 Å². The van der Waals surface area contributed by atoms with Gasteiger partial charge in [0.15, 0.2) is 16.9 Å². The Morgan fingerprint density at radius 2 is 0.726 bits per heavy atom. The molecule has 31 heteroatoms. The molecule has 0 radical (unpaired) electrons. The number of aromatic amines is 6. The summed E-state index contributed by atoms with van der Waals surface area (Å²) in [5, 5.41) is 31.7. The first-order valence-electron chi connectivity index (χ1n) is 50.1. The average molecular weight is 1950 g/mol. The summed E-state index contributed by atoms with van der Waals surface area (Å²) in [6, 6.07) is 53.3. The molecular weight excluding hydrogens is 1820 g/mol. The Balaban J connectivity index is 0.000000133. The van der Waals surface area contributed by atoms with Crippen LogP contribution in [0.2, 0.25) is 0 Å². The molecule has 6 N–H and O–H groups in total. The van der Waals surface area contributed by atoms with Crippen molar-refractivity contribution in [2.45, 2.75) is 237 Å². The van der Waals surface area contributed by atoms with Crippen LogP contribution in [0.25, 0.3) is 111 Å². The molecule has 31 nitrogen and oxygen atoms in total. The van der Waals surface area contributed by atoms with Gasteiger partial charge in [-0.25, -0.2) is 78.8 Å². The molecule has 0 aliphatic carbocycles. The average Bonchev–Trinajstić information content (AvgIpc) is 1.74. The summed E-state index contributed by atoms with van der Waals surface area (Å²) in [4.78, 5) is 79.2. The van der Waals surface area contributed by atoms with Crippen molar-refractivity contribution in [1.29, 1.82) is 0 Å². The molecule has 0 aliphatic heterocycles. The Morgan fingerprint density at radius 1 is 0.260 bits per heavy atom. The van der Waals surface area contributed by atoms with Gasteiger partial charge in [-0.2, -0.15) is 25.6 Å². The molecule has 0 spiro atoms. The normalized spacial score (nSPS) is 11.2. The number of H-pyrrole nitrogens is 6. The van der Waals surface area contributed by atoms with Crippen LogP contribution in [0.4, 0.5) is 0 Å². The highest BCUT2D eigenvalue weighted by Gasteiger charge is 2.17. The number of fused-ring (bicyclic) bond motifs is 12. The maximum Gasteiger partial charge on any atom is 0.201 e. The Hall–Kier alpha value is -16.5. The summed E-state index contributed by atoms with van der Waals surface area (Å²) in [6.45, 7) is 51.9. The molecule has 0 saturated heterocycles. The highest BCUT2D eigenvalue weighted by molar-refractivity contribution is 5.85. The number of nitrogens with one attached hydrogen (secondary N) is 6. The number of imidazole rings is 2. The molecular formula is C115H137N31. The largest absolute Gasteiger partial charge is 0.346 e. The Kier molecular flexibility index (Phi) is 37.7. The van der Waals surface area contributed by atoms with Crippen LogP contribution in [0, 0.1) is 0 Å². The maximum atomic E-state index is 4.32. The van der Waals surface area contributed by atoms with Crippen molar-refractivity contribution in [3.05, 3.63) is 356 Å². The van der Waals surface area contributed by atoms with E-state index in [2.05, 4.69) is 391 Å². The summed E-state index contributed by atoms with van der Waals surface area (Å²) >= 11 is 0. The van der Waals surface area contributed by atoms with Crippen molar-refractivity contribution in [2.75, 3.05) is 0 Å². The van der Waals surface area contributed by atoms with Crippen molar-refractivity contribution >= 4 is 111 Å². The predicted molar refractivity (Wildman–Crippen MR) is 590 cm³/mol. The topological polar surface area (TPSA) is 383 Å². The van der Waals surface area contributed by atoms with Gasteiger partial charge in [0.1, 0.15) is 64.8 Å². The molecule has 22 heterocycles. The molecule has 0 atom stereocenters. The van der Waals surface area contributed by atoms with Gasteiger partial charge in [0.2, 0.25) is 5.65 Å². The molecule has 0 amide bonds. The summed E-state index contributed by atoms with van der Waals surface area (Å²) in [7, 11) is 0. The first kappa shape index (κ1) is 107. The first-order valence-corrected chi connectivity index (χ1v) is 50.1. The first-order chi connectivity index (χ1) is 70.5. The van der Waals surface area contributed by atoms with Crippen molar-refractivity contribution in [1.82, 2.24) is 153 Å².